The Morgan fingerprint density at radius 1 is 1.14 bits per heavy atom. The zero-order valence-corrected chi connectivity index (χ0v) is 15.3. The lowest BCUT2D eigenvalue weighted by Crippen LogP contribution is -2.22. The molecule has 0 atom stereocenters. The van der Waals surface area contributed by atoms with Crippen LogP contribution in [-0.2, 0) is 6.54 Å². The first-order valence-electron chi connectivity index (χ1n) is 8.49. The molecular weight excluding hydrogens is 374 g/mol. The van der Waals surface area contributed by atoms with Gasteiger partial charge in [0.05, 0.1) is 11.5 Å². The molecule has 29 heavy (non-hydrogen) atoms. The number of azo groups is 1. The molecule has 0 aliphatic heterocycles. The molecule has 144 valence electrons. The van der Waals surface area contributed by atoms with E-state index in [1.165, 1.54) is 25.1 Å². The van der Waals surface area contributed by atoms with E-state index in [2.05, 4.69) is 10.2 Å². The number of para-hydroxylation sites is 1. The van der Waals surface area contributed by atoms with Gasteiger partial charge >= 0.3 is 0 Å². The van der Waals surface area contributed by atoms with Gasteiger partial charge in [-0.3, -0.25) is 19.5 Å². The maximum Gasteiger partial charge on any atom is 0.296 e. The quantitative estimate of drug-likeness (QED) is 0.398. The summed E-state index contributed by atoms with van der Waals surface area (Å²) >= 11 is 0. The Balaban J connectivity index is 2.15. The van der Waals surface area contributed by atoms with Crippen molar-refractivity contribution in [1.82, 2.24) is 4.57 Å². The molecule has 9 heteroatoms. The zero-order chi connectivity index (χ0) is 21.0. The molecule has 3 aromatic rings. The van der Waals surface area contributed by atoms with E-state index in [1.807, 2.05) is 12.1 Å². The zero-order valence-electron chi connectivity index (χ0n) is 15.3. The van der Waals surface area contributed by atoms with Crippen LogP contribution in [0.4, 0.5) is 17.1 Å². The molecule has 1 N–H and O–H groups in total. The fraction of sp³-hybridized carbons (Fsp3) is 0.100. The van der Waals surface area contributed by atoms with Crippen LogP contribution in [0.3, 0.4) is 0 Å². The third-order valence-corrected chi connectivity index (χ3v) is 4.29. The van der Waals surface area contributed by atoms with Crippen molar-refractivity contribution in [1.29, 1.82) is 5.26 Å². The van der Waals surface area contributed by atoms with Crippen LogP contribution >= 0.6 is 0 Å². The third-order valence-electron chi connectivity index (χ3n) is 4.29. The highest BCUT2D eigenvalue weighted by atomic mass is 16.6. The first-order chi connectivity index (χ1) is 13.9. The molecule has 0 fully saturated rings. The van der Waals surface area contributed by atoms with Crippen LogP contribution in [-0.4, -0.2) is 14.6 Å². The second-order valence-electron chi connectivity index (χ2n) is 6.11. The highest BCUT2D eigenvalue weighted by Gasteiger charge is 2.20. The smallest absolute Gasteiger partial charge is 0.296 e. The van der Waals surface area contributed by atoms with Gasteiger partial charge in [-0.15, -0.1) is 10.2 Å². The summed E-state index contributed by atoms with van der Waals surface area (Å²) in [5.41, 5.74) is -0.369. The van der Waals surface area contributed by atoms with Crippen molar-refractivity contribution in [2.24, 2.45) is 10.2 Å². The van der Waals surface area contributed by atoms with Crippen LogP contribution in [0.1, 0.15) is 16.7 Å². The van der Waals surface area contributed by atoms with Crippen molar-refractivity contribution in [2.75, 3.05) is 0 Å². The fourth-order valence-corrected chi connectivity index (χ4v) is 2.78. The summed E-state index contributed by atoms with van der Waals surface area (Å²) < 4.78 is 1.02. The molecule has 0 bridgehead atoms. The van der Waals surface area contributed by atoms with Gasteiger partial charge in [0.2, 0.25) is 5.88 Å². The summed E-state index contributed by atoms with van der Waals surface area (Å²) in [4.78, 5) is 23.5. The molecule has 0 saturated heterocycles. The van der Waals surface area contributed by atoms with Crippen molar-refractivity contribution < 1.29 is 10.0 Å². The lowest BCUT2D eigenvalue weighted by Gasteiger charge is -2.13. The van der Waals surface area contributed by atoms with Gasteiger partial charge in [-0.1, -0.05) is 42.5 Å². The lowest BCUT2D eigenvalue weighted by atomic mass is 10.1. The minimum Gasteiger partial charge on any atom is -0.493 e. The maximum atomic E-state index is 12.9. The summed E-state index contributed by atoms with van der Waals surface area (Å²) in [6.07, 6.45) is 0. The molecular formula is C20H15N5O4. The number of rotatable bonds is 5. The molecule has 1 heterocycles. The molecule has 3 rings (SSSR count). The van der Waals surface area contributed by atoms with Gasteiger partial charge < -0.3 is 5.11 Å². The second-order valence-corrected chi connectivity index (χ2v) is 6.11. The van der Waals surface area contributed by atoms with Crippen LogP contribution < -0.4 is 5.56 Å². The Morgan fingerprint density at radius 3 is 2.45 bits per heavy atom. The molecule has 2 aromatic carbocycles. The Bertz CT molecular complexity index is 1210. The Hall–Kier alpha value is -4.32. The van der Waals surface area contributed by atoms with Crippen LogP contribution in [0.5, 0.6) is 5.88 Å². The summed E-state index contributed by atoms with van der Waals surface area (Å²) in [6, 6.07) is 16.5. The molecule has 0 aliphatic rings. The number of nitro groups is 1. The van der Waals surface area contributed by atoms with E-state index >= 15 is 0 Å². The summed E-state index contributed by atoms with van der Waals surface area (Å²) in [5.74, 6) is -0.469. The first kappa shape index (κ1) is 19.4. The Morgan fingerprint density at radius 2 is 1.79 bits per heavy atom. The van der Waals surface area contributed by atoms with Crippen LogP contribution in [0.15, 0.2) is 69.6 Å². The molecule has 0 amide bonds. The third kappa shape index (κ3) is 3.86. The van der Waals surface area contributed by atoms with Crippen LogP contribution in [0.25, 0.3) is 0 Å². The van der Waals surface area contributed by atoms with Crippen molar-refractivity contribution in [2.45, 2.75) is 13.5 Å². The van der Waals surface area contributed by atoms with Crippen molar-refractivity contribution in [3.05, 3.63) is 91.8 Å². The molecule has 1 aromatic heterocycles. The van der Waals surface area contributed by atoms with Crippen molar-refractivity contribution >= 4 is 17.1 Å². The first-order valence-corrected chi connectivity index (χ1v) is 8.49. The Labute approximate surface area is 165 Å². The predicted molar refractivity (Wildman–Crippen MR) is 105 cm³/mol. The van der Waals surface area contributed by atoms with E-state index < -0.39 is 16.4 Å². The number of hydrogen-bond acceptors (Lipinski definition) is 7. The van der Waals surface area contributed by atoms with E-state index in [9.17, 15) is 25.3 Å². The van der Waals surface area contributed by atoms with E-state index in [0.29, 0.717) is 0 Å². The molecule has 0 spiro atoms. The average molecular weight is 389 g/mol. The summed E-state index contributed by atoms with van der Waals surface area (Å²) in [6.45, 7) is 1.48. The van der Waals surface area contributed by atoms with Gasteiger partial charge in [-0.05, 0) is 18.6 Å². The number of benzene rings is 2. The topological polar surface area (TPSA) is 134 Å². The highest BCUT2D eigenvalue weighted by molar-refractivity contribution is 5.59. The van der Waals surface area contributed by atoms with E-state index in [-0.39, 0.29) is 34.7 Å². The summed E-state index contributed by atoms with van der Waals surface area (Å²) in [7, 11) is 0. The normalized spacial score (nSPS) is 10.8. The number of pyridine rings is 1. The minimum atomic E-state index is -0.662. The highest BCUT2D eigenvalue weighted by Crippen LogP contribution is 2.30. The number of aromatic hydroxyl groups is 1. The minimum absolute atomic E-state index is 0.0223. The van der Waals surface area contributed by atoms with Gasteiger partial charge in [-0.25, -0.2) is 0 Å². The monoisotopic (exact) mass is 389 g/mol. The number of nitro benzene ring substituents is 1. The van der Waals surface area contributed by atoms with Gasteiger partial charge in [0.25, 0.3) is 11.2 Å². The molecule has 9 nitrogen and oxygen atoms in total. The van der Waals surface area contributed by atoms with E-state index in [4.69, 9.17) is 0 Å². The van der Waals surface area contributed by atoms with Gasteiger partial charge in [0.15, 0.2) is 11.4 Å². The SMILES string of the molecule is Cc1c(C#N)c(O)n(Cc2ccccc2)c(=O)c1N=Nc1ccccc1[N+](=O)[O-]. The van der Waals surface area contributed by atoms with E-state index in [1.54, 1.807) is 30.3 Å². The summed E-state index contributed by atoms with van der Waals surface area (Å²) in [5, 5.41) is 38.7. The number of nitrogens with zero attached hydrogens (tertiary/aromatic N) is 5. The molecule has 0 radical (unpaired) electrons. The Kier molecular flexibility index (Phi) is 5.46. The molecule has 0 aliphatic carbocycles. The fourth-order valence-electron chi connectivity index (χ4n) is 2.78. The lowest BCUT2D eigenvalue weighted by molar-refractivity contribution is -0.384. The van der Waals surface area contributed by atoms with Gasteiger partial charge in [0.1, 0.15) is 11.6 Å². The second kappa shape index (κ2) is 8.14. The van der Waals surface area contributed by atoms with Gasteiger partial charge in [-0.2, -0.15) is 5.26 Å². The molecule has 0 unspecified atom stereocenters. The molecule has 0 saturated carbocycles. The van der Waals surface area contributed by atoms with Crippen LogP contribution in [0.2, 0.25) is 0 Å². The number of hydrogen-bond donors (Lipinski definition) is 1. The van der Waals surface area contributed by atoms with E-state index in [0.717, 1.165) is 10.1 Å². The predicted octanol–water partition coefficient (Wildman–Crippen LogP) is 4.11. The van der Waals surface area contributed by atoms with Crippen LogP contribution in [0, 0.1) is 28.4 Å². The number of nitriles is 1. The van der Waals surface area contributed by atoms with Gasteiger partial charge in [0, 0.05) is 11.6 Å². The average Bonchev–Trinajstić information content (AvgIpc) is 2.72. The maximum absolute atomic E-state index is 12.9. The standard InChI is InChI=1S/C20H15N5O4/c1-13-15(11-21)19(26)24(12-14-7-3-2-4-8-14)20(27)18(13)23-22-16-9-5-6-10-17(16)25(28)29/h2-10,26H,12H2,1H3. The van der Waals surface area contributed by atoms with Crippen molar-refractivity contribution in [3.8, 4) is 11.9 Å². The van der Waals surface area contributed by atoms with Crippen molar-refractivity contribution in [3.63, 3.8) is 0 Å². The number of aromatic nitrogens is 1. The largest absolute Gasteiger partial charge is 0.493 e.